The summed E-state index contributed by atoms with van der Waals surface area (Å²) in [5.41, 5.74) is 5.21. The van der Waals surface area contributed by atoms with E-state index in [0.29, 0.717) is 16.6 Å². The highest BCUT2D eigenvalue weighted by molar-refractivity contribution is 8.18. The summed E-state index contributed by atoms with van der Waals surface area (Å²) in [5, 5.41) is 7.82. The van der Waals surface area contributed by atoms with Gasteiger partial charge >= 0.3 is 0 Å². The first-order valence-corrected chi connectivity index (χ1v) is 9.82. The van der Waals surface area contributed by atoms with Gasteiger partial charge in [-0.1, -0.05) is 48.0 Å². The molecule has 0 radical (unpaired) electrons. The number of nitrogens with zero attached hydrogens (tertiary/aromatic N) is 3. The summed E-state index contributed by atoms with van der Waals surface area (Å²) >= 11 is 1.35. The van der Waals surface area contributed by atoms with Crippen LogP contribution in [0.15, 0.2) is 70.8 Å². The number of nitrogens with one attached hydrogen (secondary N) is 1. The van der Waals surface area contributed by atoms with Crippen molar-refractivity contribution in [2.75, 3.05) is 0 Å². The number of rotatable bonds is 4. The van der Waals surface area contributed by atoms with Gasteiger partial charge in [-0.15, -0.1) is 0 Å². The van der Waals surface area contributed by atoms with Crippen LogP contribution in [0.5, 0.6) is 0 Å². The summed E-state index contributed by atoms with van der Waals surface area (Å²) in [6.07, 6.45) is 5.55. The van der Waals surface area contributed by atoms with Crippen molar-refractivity contribution in [1.82, 2.24) is 15.1 Å². The maximum absolute atomic E-state index is 12.3. The number of aliphatic imine (C=N–C) groups is 1. The second-order valence-corrected chi connectivity index (χ2v) is 7.76. The van der Waals surface area contributed by atoms with Crippen molar-refractivity contribution < 1.29 is 4.79 Å². The van der Waals surface area contributed by atoms with Gasteiger partial charge in [-0.05, 0) is 48.9 Å². The Kier molecular flexibility index (Phi) is 5.12. The van der Waals surface area contributed by atoms with Crippen LogP contribution in [0.4, 0.5) is 5.69 Å². The Bertz CT molecular complexity index is 1080. The molecule has 1 aromatic heterocycles. The predicted octanol–water partition coefficient (Wildman–Crippen LogP) is 4.44. The highest BCUT2D eigenvalue weighted by Crippen LogP contribution is 2.29. The van der Waals surface area contributed by atoms with Crippen LogP contribution in [0.3, 0.4) is 0 Å². The number of carbonyl (C=O) groups is 1. The molecule has 0 saturated carbocycles. The first kappa shape index (κ1) is 18.3. The topological polar surface area (TPSA) is 59.3 Å². The molecule has 1 N–H and O–H groups in total. The number of hydrogen-bond donors (Lipinski definition) is 1. The Labute approximate surface area is 168 Å². The molecule has 28 heavy (non-hydrogen) atoms. The maximum atomic E-state index is 12.3. The lowest BCUT2D eigenvalue weighted by atomic mass is 10.1. The number of benzene rings is 2. The van der Waals surface area contributed by atoms with Gasteiger partial charge in [0.2, 0.25) is 0 Å². The fourth-order valence-corrected chi connectivity index (χ4v) is 3.82. The van der Waals surface area contributed by atoms with Crippen LogP contribution in [0.25, 0.3) is 6.08 Å². The van der Waals surface area contributed by atoms with Crippen molar-refractivity contribution in [2.24, 2.45) is 4.99 Å². The minimum atomic E-state index is -0.135. The van der Waals surface area contributed by atoms with Gasteiger partial charge in [-0.25, -0.2) is 4.99 Å². The van der Waals surface area contributed by atoms with E-state index in [1.807, 2.05) is 54.2 Å². The summed E-state index contributed by atoms with van der Waals surface area (Å²) in [4.78, 5) is 17.5. The summed E-state index contributed by atoms with van der Waals surface area (Å²) < 4.78 is 1.86. The van der Waals surface area contributed by atoms with Crippen LogP contribution in [0, 0.1) is 13.8 Å². The number of amides is 1. The van der Waals surface area contributed by atoms with E-state index in [0.717, 1.165) is 16.8 Å². The normalized spacial score (nSPS) is 16.7. The Morgan fingerprint density at radius 3 is 2.79 bits per heavy atom. The van der Waals surface area contributed by atoms with Crippen LogP contribution in [0.2, 0.25) is 0 Å². The van der Waals surface area contributed by atoms with E-state index in [9.17, 15) is 4.79 Å². The van der Waals surface area contributed by atoms with Crippen LogP contribution >= 0.6 is 11.8 Å². The highest BCUT2D eigenvalue weighted by atomic mass is 32.2. The van der Waals surface area contributed by atoms with Crippen molar-refractivity contribution in [1.29, 1.82) is 0 Å². The molecule has 1 aliphatic rings. The zero-order valence-corrected chi connectivity index (χ0v) is 16.5. The smallest absolute Gasteiger partial charge is 0.264 e. The van der Waals surface area contributed by atoms with E-state index >= 15 is 0 Å². The zero-order chi connectivity index (χ0) is 19.5. The summed E-state index contributed by atoms with van der Waals surface area (Å²) in [6.45, 7) is 4.77. The minimum absolute atomic E-state index is 0.135. The van der Waals surface area contributed by atoms with Gasteiger partial charge in [0.15, 0.2) is 5.17 Å². The zero-order valence-electron chi connectivity index (χ0n) is 15.7. The molecule has 0 aliphatic carbocycles. The van der Waals surface area contributed by atoms with E-state index in [1.165, 1.54) is 22.9 Å². The molecule has 2 heterocycles. The monoisotopic (exact) mass is 388 g/mol. The largest absolute Gasteiger partial charge is 0.300 e. The third-order valence-corrected chi connectivity index (χ3v) is 5.27. The van der Waals surface area contributed by atoms with Crippen molar-refractivity contribution in [3.63, 3.8) is 0 Å². The van der Waals surface area contributed by atoms with E-state index in [2.05, 4.69) is 40.5 Å². The van der Waals surface area contributed by atoms with E-state index < -0.39 is 0 Å². The van der Waals surface area contributed by atoms with Crippen molar-refractivity contribution in [3.8, 4) is 0 Å². The molecule has 1 aliphatic heterocycles. The average molecular weight is 388 g/mol. The van der Waals surface area contributed by atoms with E-state index in [4.69, 9.17) is 0 Å². The molecule has 6 heteroatoms. The number of aryl methyl sites for hydroxylation is 2. The molecule has 2 aromatic carbocycles. The molecule has 4 rings (SSSR count). The second-order valence-electron chi connectivity index (χ2n) is 6.73. The summed E-state index contributed by atoms with van der Waals surface area (Å²) in [6, 6.07) is 16.2. The first-order valence-electron chi connectivity index (χ1n) is 9.00. The molecule has 0 spiro atoms. The Morgan fingerprint density at radius 1 is 1.18 bits per heavy atom. The van der Waals surface area contributed by atoms with E-state index in [1.54, 1.807) is 6.20 Å². The number of thioether (sulfide) groups is 1. The van der Waals surface area contributed by atoms with Gasteiger partial charge in [0.1, 0.15) is 0 Å². The van der Waals surface area contributed by atoms with Crippen LogP contribution < -0.4 is 5.32 Å². The van der Waals surface area contributed by atoms with Gasteiger partial charge in [0, 0.05) is 11.8 Å². The third-order valence-electron chi connectivity index (χ3n) is 4.36. The summed E-state index contributed by atoms with van der Waals surface area (Å²) in [7, 11) is 0. The minimum Gasteiger partial charge on any atom is -0.300 e. The van der Waals surface area contributed by atoms with E-state index in [-0.39, 0.29) is 5.91 Å². The van der Waals surface area contributed by atoms with Crippen LogP contribution in [-0.4, -0.2) is 20.9 Å². The molecular formula is C22H20N4OS. The molecule has 0 atom stereocenters. The molecule has 0 bridgehead atoms. The van der Waals surface area contributed by atoms with Crippen LogP contribution in [-0.2, 0) is 11.3 Å². The van der Waals surface area contributed by atoms with Gasteiger partial charge in [0.25, 0.3) is 5.91 Å². The molecule has 3 aromatic rings. The first-order chi connectivity index (χ1) is 13.6. The van der Waals surface area contributed by atoms with Gasteiger partial charge in [-0.2, -0.15) is 5.10 Å². The van der Waals surface area contributed by atoms with Crippen molar-refractivity contribution in [2.45, 2.75) is 20.4 Å². The fourth-order valence-electron chi connectivity index (χ4n) is 2.98. The molecule has 1 saturated heterocycles. The lowest BCUT2D eigenvalue weighted by Crippen LogP contribution is -2.19. The highest BCUT2D eigenvalue weighted by Gasteiger charge is 2.24. The Hall–Kier alpha value is -3.12. The number of hydrogen-bond acceptors (Lipinski definition) is 4. The Balaban J connectivity index is 1.50. The van der Waals surface area contributed by atoms with Crippen molar-refractivity contribution in [3.05, 3.63) is 88.1 Å². The van der Waals surface area contributed by atoms with Crippen molar-refractivity contribution >= 4 is 34.6 Å². The third kappa shape index (κ3) is 4.23. The average Bonchev–Trinajstić information content (AvgIpc) is 3.25. The number of carbonyl (C=O) groups excluding carboxylic acids is 1. The van der Waals surface area contributed by atoms with Crippen LogP contribution in [0.1, 0.15) is 22.3 Å². The second kappa shape index (κ2) is 7.86. The molecular weight excluding hydrogens is 368 g/mol. The summed E-state index contributed by atoms with van der Waals surface area (Å²) in [5.74, 6) is -0.135. The standard InChI is InChI=1S/C22H20N4OS/c1-15-8-9-19(16(2)10-15)24-22-25-21(27)20(28-22)11-18-12-23-26(14-18)13-17-6-4-3-5-7-17/h3-12,14H,13H2,1-2H3,(H,24,25,27)/b20-11+. The number of amidine groups is 1. The lowest BCUT2D eigenvalue weighted by Gasteiger charge is -2.02. The quantitative estimate of drug-likeness (QED) is 0.672. The molecule has 1 amide bonds. The molecule has 1 fully saturated rings. The molecule has 140 valence electrons. The SMILES string of the molecule is Cc1ccc(N=C2NC(=O)/C(=C\c3cnn(Cc4ccccc4)c3)S2)c(C)c1. The van der Waals surface area contributed by atoms with Gasteiger partial charge in [-0.3, -0.25) is 9.48 Å². The maximum Gasteiger partial charge on any atom is 0.264 e. The lowest BCUT2D eigenvalue weighted by molar-refractivity contribution is -0.115. The van der Waals surface area contributed by atoms with Gasteiger partial charge < -0.3 is 5.32 Å². The Morgan fingerprint density at radius 2 is 2.00 bits per heavy atom. The number of aromatic nitrogens is 2. The molecule has 0 unspecified atom stereocenters. The van der Waals surface area contributed by atoms with Gasteiger partial charge in [0.05, 0.1) is 23.3 Å². The molecule has 5 nitrogen and oxygen atoms in total. The fraction of sp³-hybridized carbons (Fsp3) is 0.136. The predicted molar refractivity (Wildman–Crippen MR) is 114 cm³/mol.